The molecular weight excluding hydrogens is 400 g/mol. The Kier molecular flexibility index (Phi) is 7.43. The van der Waals surface area contributed by atoms with E-state index in [0.717, 1.165) is 31.6 Å². The number of piperidine rings is 1. The van der Waals surface area contributed by atoms with E-state index in [1.807, 2.05) is 30.3 Å². The van der Waals surface area contributed by atoms with Crippen molar-refractivity contribution in [3.63, 3.8) is 0 Å². The molecule has 4 rings (SSSR count). The maximum absolute atomic E-state index is 12.5. The van der Waals surface area contributed by atoms with Crippen LogP contribution in [0.15, 0.2) is 48.5 Å². The second kappa shape index (κ2) is 10.6. The molecule has 1 unspecified atom stereocenters. The quantitative estimate of drug-likeness (QED) is 0.658. The summed E-state index contributed by atoms with van der Waals surface area (Å²) in [5.41, 5.74) is 5.04. The van der Waals surface area contributed by atoms with Crippen LogP contribution in [0.1, 0.15) is 42.0 Å². The molecule has 2 amide bonds. The van der Waals surface area contributed by atoms with Gasteiger partial charge in [0.05, 0.1) is 6.04 Å². The first-order valence-electron chi connectivity index (χ1n) is 11.8. The minimum absolute atomic E-state index is 0.0903. The number of hydrogen-bond donors (Lipinski definition) is 2. The normalized spacial score (nSPS) is 17.0. The van der Waals surface area contributed by atoms with Gasteiger partial charge < -0.3 is 15.5 Å². The Morgan fingerprint density at radius 1 is 0.938 bits per heavy atom. The summed E-state index contributed by atoms with van der Waals surface area (Å²) in [4.78, 5) is 29.5. The summed E-state index contributed by atoms with van der Waals surface area (Å²) in [5, 5.41) is 5.64. The van der Waals surface area contributed by atoms with E-state index in [0.29, 0.717) is 19.5 Å². The number of carbonyl (C=O) groups is 2. The van der Waals surface area contributed by atoms with Gasteiger partial charge in [-0.2, -0.15) is 0 Å². The molecule has 2 aromatic rings. The molecule has 6 heteroatoms. The summed E-state index contributed by atoms with van der Waals surface area (Å²) in [6.45, 7) is 4.00. The zero-order valence-electron chi connectivity index (χ0n) is 19.0. The van der Waals surface area contributed by atoms with Gasteiger partial charge in [0.25, 0.3) is 0 Å². The predicted molar refractivity (Wildman–Crippen MR) is 128 cm³/mol. The van der Waals surface area contributed by atoms with E-state index >= 15 is 0 Å². The van der Waals surface area contributed by atoms with Crippen LogP contribution < -0.4 is 15.5 Å². The summed E-state index contributed by atoms with van der Waals surface area (Å²) in [7, 11) is 2.13. The summed E-state index contributed by atoms with van der Waals surface area (Å²) < 4.78 is 0. The molecule has 1 atom stereocenters. The number of fused-ring (bicyclic) bond motifs is 1. The zero-order valence-corrected chi connectivity index (χ0v) is 19.0. The summed E-state index contributed by atoms with van der Waals surface area (Å²) >= 11 is 0. The SMILES string of the molecule is CN1CCc2cc(C(CNC(=O)C(=O)NCCc3ccccc3)N3CCCCC3)ccc21. The van der Waals surface area contributed by atoms with E-state index in [-0.39, 0.29) is 6.04 Å². The second-order valence-electron chi connectivity index (χ2n) is 8.87. The van der Waals surface area contributed by atoms with Crippen molar-refractivity contribution in [3.05, 3.63) is 65.2 Å². The largest absolute Gasteiger partial charge is 0.374 e. The van der Waals surface area contributed by atoms with Crippen LogP contribution in [0, 0.1) is 0 Å². The first-order valence-corrected chi connectivity index (χ1v) is 11.8. The number of nitrogens with one attached hydrogen (secondary N) is 2. The molecule has 0 spiro atoms. The standard InChI is InChI=1S/C26H34N4O2/c1-29-17-13-22-18-21(10-11-23(22)29)24(30-15-6-3-7-16-30)19-28-26(32)25(31)27-14-12-20-8-4-2-5-9-20/h2,4-5,8-11,18,24H,3,6-7,12-17,19H2,1H3,(H,27,31)(H,28,32). The fraction of sp³-hybridized carbons (Fsp3) is 0.462. The van der Waals surface area contributed by atoms with E-state index in [1.165, 1.54) is 36.1 Å². The van der Waals surface area contributed by atoms with E-state index in [4.69, 9.17) is 0 Å². The lowest BCUT2D eigenvalue weighted by molar-refractivity contribution is -0.139. The number of hydrogen-bond acceptors (Lipinski definition) is 4. The van der Waals surface area contributed by atoms with Crippen LogP contribution in [-0.2, 0) is 22.4 Å². The number of anilines is 1. The highest BCUT2D eigenvalue weighted by Crippen LogP contribution is 2.32. The predicted octanol–water partition coefficient (Wildman–Crippen LogP) is 2.68. The molecule has 0 aromatic heterocycles. The Morgan fingerprint density at radius 2 is 1.69 bits per heavy atom. The number of amides is 2. The molecule has 1 fully saturated rings. The molecule has 2 aromatic carbocycles. The van der Waals surface area contributed by atoms with E-state index < -0.39 is 11.8 Å². The average Bonchev–Trinajstić information content (AvgIpc) is 3.20. The van der Waals surface area contributed by atoms with Crippen LogP contribution in [0.25, 0.3) is 0 Å². The first kappa shape index (κ1) is 22.3. The average molecular weight is 435 g/mol. The Labute approximate surface area is 191 Å². The highest BCUT2D eigenvalue weighted by Gasteiger charge is 2.26. The van der Waals surface area contributed by atoms with Crippen molar-refractivity contribution in [3.8, 4) is 0 Å². The third kappa shape index (κ3) is 5.49. The van der Waals surface area contributed by atoms with Crippen molar-refractivity contribution in [1.29, 1.82) is 0 Å². The van der Waals surface area contributed by atoms with Gasteiger partial charge in [0.1, 0.15) is 0 Å². The van der Waals surface area contributed by atoms with Gasteiger partial charge in [0.15, 0.2) is 0 Å². The van der Waals surface area contributed by atoms with Crippen molar-refractivity contribution in [2.24, 2.45) is 0 Å². The maximum Gasteiger partial charge on any atom is 0.309 e. The Balaban J connectivity index is 1.36. The fourth-order valence-corrected chi connectivity index (χ4v) is 4.80. The van der Waals surface area contributed by atoms with Crippen LogP contribution in [0.4, 0.5) is 5.69 Å². The lowest BCUT2D eigenvalue weighted by Crippen LogP contribution is -2.45. The van der Waals surface area contributed by atoms with Gasteiger partial charge >= 0.3 is 11.8 Å². The highest BCUT2D eigenvalue weighted by atomic mass is 16.2. The zero-order chi connectivity index (χ0) is 22.3. The monoisotopic (exact) mass is 434 g/mol. The van der Waals surface area contributed by atoms with E-state index in [2.05, 4.69) is 45.7 Å². The van der Waals surface area contributed by atoms with Crippen LogP contribution in [0.5, 0.6) is 0 Å². The van der Waals surface area contributed by atoms with Crippen molar-refractivity contribution in [2.75, 3.05) is 44.7 Å². The lowest BCUT2D eigenvalue weighted by Gasteiger charge is -2.35. The molecule has 0 saturated carbocycles. The molecular formula is C26H34N4O2. The van der Waals surface area contributed by atoms with Gasteiger partial charge in [0, 0.05) is 32.4 Å². The van der Waals surface area contributed by atoms with Crippen LogP contribution >= 0.6 is 0 Å². The molecule has 2 heterocycles. The van der Waals surface area contributed by atoms with Gasteiger partial charge in [-0.1, -0.05) is 48.9 Å². The summed E-state index contributed by atoms with van der Waals surface area (Å²) in [6, 6.07) is 16.7. The van der Waals surface area contributed by atoms with Crippen LogP contribution in [-0.4, -0.2) is 56.5 Å². The molecule has 0 aliphatic carbocycles. The van der Waals surface area contributed by atoms with Gasteiger partial charge in [0.2, 0.25) is 0 Å². The van der Waals surface area contributed by atoms with Crippen molar-refractivity contribution in [2.45, 2.75) is 38.1 Å². The Bertz CT molecular complexity index is 925. The number of likely N-dealkylation sites (tertiary alicyclic amines) is 1. The fourth-order valence-electron chi connectivity index (χ4n) is 4.80. The first-order chi connectivity index (χ1) is 15.6. The molecule has 2 aliphatic heterocycles. The van der Waals surface area contributed by atoms with Crippen molar-refractivity contribution in [1.82, 2.24) is 15.5 Å². The molecule has 0 radical (unpaired) electrons. The number of benzene rings is 2. The van der Waals surface area contributed by atoms with Crippen LogP contribution in [0.3, 0.4) is 0 Å². The highest BCUT2D eigenvalue weighted by molar-refractivity contribution is 6.35. The molecule has 2 N–H and O–H groups in total. The minimum atomic E-state index is -0.561. The maximum atomic E-state index is 12.5. The summed E-state index contributed by atoms with van der Waals surface area (Å²) in [5.74, 6) is -1.12. The third-order valence-corrected chi connectivity index (χ3v) is 6.65. The number of carbonyl (C=O) groups excluding carboxylic acids is 2. The van der Waals surface area contributed by atoms with Crippen LogP contribution in [0.2, 0.25) is 0 Å². The number of nitrogens with zero attached hydrogens (tertiary/aromatic N) is 2. The number of likely N-dealkylation sites (N-methyl/N-ethyl adjacent to an activating group) is 1. The third-order valence-electron chi connectivity index (χ3n) is 6.65. The Morgan fingerprint density at radius 3 is 2.47 bits per heavy atom. The molecule has 170 valence electrons. The topological polar surface area (TPSA) is 64.7 Å². The van der Waals surface area contributed by atoms with E-state index in [9.17, 15) is 9.59 Å². The molecule has 6 nitrogen and oxygen atoms in total. The minimum Gasteiger partial charge on any atom is -0.374 e. The van der Waals surface area contributed by atoms with Gasteiger partial charge in [-0.3, -0.25) is 14.5 Å². The van der Waals surface area contributed by atoms with Crippen molar-refractivity contribution < 1.29 is 9.59 Å². The van der Waals surface area contributed by atoms with Gasteiger partial charge in [-0.15, -0.1) is 0 Å². The molecule has 2 aliphatic rings. The second-order valence-corrected chi connectivity index (χ2v) is 8.87. The molecule has 0 bridgehead atoms. The van der Waals surface area contributed by atoms with Gasteiger partial charge in [-0.05, 0) is 61.5 Å². The van der Waals surface area contributed by atoms with Gasteiger partial charge in [-0.25, -0.2) is 0 Å². The lowest BCUT2D eigenvalue weighted by atomic mass is 9.98. The molecule has 1 saturated heterocycles. The van der Waals surface area contributed by atoms with E-state index in [1.54, 1.807) is 0 Å². The van der Waals surface area contributed by atoms with Crippen molar-refractivity contribution >= 4 is 17.5 Å². The summed E-state index contributed by atoms with van der Waals surface area (Å²) in [6.07, 6.45) is 5.38. The number of rotatable bonds is 7. The molecule has 32 heavy (non-hydrogen) atoms. The Hall–Kier alpha value is -2.86. The smallest absolute Gasteiger partial charge is 0.309 e.